The predicted octanol–water partition coefficient (Wildman–Crippen LogP) is 2.79. The average molecular weight is 442 g/mol. The van der Waals surface area contributed by atoms with Gasteiger partial charge in [-0.15, -0.1) is 0 Å². The van der Waals surface area contributed by atoms with Crippen LogP contribution in [0, 0.1) is 0 Å². The number of nitrogens with one attached hydrogen (secondary N) is 2. The van der Waals surface area contributed by atoms with Crippen molar-refractivity contribution < 1.29 is 33.0 Å². The van der Waals surface area contributed by atoms with E-state index in [1.54, 1.807) is 24.3 Å². The minimum absolute atomic E-state index is 0.00928. The zero-order valence-electron chi connectivity index (χ0n) is 17.9. The Morgan fingerprint density at radius 2 is 1.56 bits per heavy atom. The summed E-state index contributed by atoms with van der Waals surface area (Å²) in [5.74, 6) is 0.699. The standard InChI is InChI=1S/C22H22N2O8/c1-12(25)23-15-7-13-8-18(29-3)20(10-17(13)32-22(15)27)31-11-21(26)24-14-5-6-16(28-2)19(9-14)30-4/h5-10H,11H2,1-4H3,(H,23,25)(H,24,26). The fourth-order valence-electron chi connectivity index (χ4n) is 2.93. The van der Waals surface area contributed by atoms with Crippen LogP contribution in [0.15, 0.2) is 45.6 Å². The molecule has 2 amide bonds. The Bertz CT molecular complexity index is 1220. The van der Waals surface area contributed by atoms with Crippen molar-refractivity contribution in [1.82, 2.24) is 0 Å². The van der Waals surface area contributed by atoms with Crippen LogP contribution in [0.1, 0.15) is 6.92 Å². The Hall–Kier alpha value is -4.21. The monoisotopic (exact) mass is 442 g/mol. The van der Waals surface area contributed by atoms with Crippen LogP contribution in [-0.2, 0) is 9.59 Å². The van der Waals surface area contributed by atoms with Crippen molar-refractivity contribution in [3.05, 3.63) is 46.8 Å². The Kier molecular flexibility index (Phi) is 6.83. The molecule has 0 aliphatic rings. The summed E-state index contributed by atoms with van der Waals surface area (Å²) in [6.45, 7) is 0.957. The number of ether oxygens (including phenoxy) is 4. The number of rotatable bonds is 8. The lowest BCUT2D eigenvalue weighted by molar-refractivity contribution is -0.118. The first kappa shape index (κ1) is 22.5. The first-order valence-corrected chi connectivity index (χ1v) is 9.42. The molecule has 0 spiro atoms. The second-order valence-corrected chi connectivity index (χ2v) is 6.58. The summed E-state index contributed by atoms with van der Waals surface area (Å²) in [7, 11) is 4.45. The van der Waals surface area contributed by atoms with E-state index in [4.69, 9.17) is 23.4 Å². The normalized spacial score (nSPS) is 10.4. The molecule has 1 heterocycles. The van der Waals surface area contributed by atoms with E-state index in [9.17, 15) is 14.4 Å². The fraction of sp³-hybridized carbons (Fsp3) is 0.227. The average Bonchev–Trinajstić information content (AvgIpc) is 2.77. The molecule has 0 fully saturated rings. The van der Waals surface area contributed by atoms with E-state index in [0.717, 1.165) is 0 Å². The van der Waals surface area contributed by atoms with Gasteiger partial charge in [-0.2, -0.15) is 0 Å². The molecule has 3 rings (SSSR count). The minimum Gasteiger partial charge on any atom is -0.493 e. The van der Waals surface area contributed by atoms with Crippen molar-refractivity contribution in [2.45, 2.75) is 6.92 Å². The van der Waals surface area contributed by atoms with Crippen LogP contribution >= 0.6 is 0 Å². The van der Waals surface area contributed by atoms with E-state index in [1.165, 1.54) is 40.4 Å². The number of amides is 2. The van der Waals surface area contributed by atoms with Gasteiger partial charge in [-0.1, -0.05) is 0 Å². The maximum Gasteiger partial charge on any atom is 0.360 e. The number of methoxy groups -OCH3 is 3. The highest BCUT2D eigenvalue weighted by atomic mass is 16.5. The molecule has 10 nitrogen and oxygen atoms in total. The van der Waals surface area contributed by atoms with Gasteiger partial charge in [-0.05, 0) is 24.3 Å². The van der Waals surface area contributed by atoms with Gasteiger partial charge >= 0.3 is 5.63 Å². The van der Waals surface area contributed by atoms with Gasteiger partial charge in [0, 0.05) is 30.1 Å². The molecular weight excluding hydrogens is 420 g/mol. The van der Waals surface area contributed by atoms with Gasteiger partial charge < -0.3 is 34.0 Å². The maximum absolute atomic E-state index is 12.3. The van der Waals surface area contributed by atoms with Gasteiger partial charge in [0.1, 0.15) is 11.3 Å². The molecule has 0 atom stereocenters. The number of carbonyl (C=O) groups excluding carboxylic acids is 2. The largest absolute Gasteiger partial charge is 0.493 e. The Balaban J connectivity index is 1.77. The molecule has 0 aliphatic carbocycles. The van der Waals surface area contributed by atoms with Gasteiger partial charge in [-0.25, -0.2) is 4.79 Å². The third-order valence-electron chi connectivity index (χ3n) is 4.36. The molecule has 168 valence electrons. The molecule has 2 aromatic carbocycles. The van der Waals surface area contributed by atoms with Gasteiger partial charge in [0.15, 0.2) is 29.6 Å². The summed E-state index contributed by atoms with van der Waals surface area (Å²) in [6, 6.07) is 9.44. The van der Waals surface area contributed by atoms with Crippen molar-refractivity contribution in [1.29, 1.82) is 0 Å². The van der Waals surface area contributed by atoms with Crippen LogP contribution in [-0.4, -0.2) is 39.8 Å². The lowest BCUT2D eigenvalue weighted by atomic mass is 10.2. The van der Waals surface area contributed by atoms with Gasteiger partial charge in [-0.3, -0.25) is 9.59 Å². The molecule has 1 aromatic heterocycles. The van der Waals surface area contributed by atoms with Crippen molar-refractivity contribution in [3.8, 4) is 23.0 Å². The molecule has 0 bridgehead atoms. The topological polar surface area (TPSA) is 125 Å². The highest BCUT2D eigenvalue weighted by Gasteiger charge is 2.14. The van der Waals surface area contributed by atoms with E-state index >= 15 is 0 Å². The van der Waals surface area contributed by atoms with Crippen molar-refractivity contribution in [2.75, 3.05) is 38.6 Å². The molecular formula is C22H22N2O8. The van der Waals surface area contributed by atoms with E-state index in [1.807, 2.05) is 0 Å². The Labute approximate surface area is 183 Å². The summed E-state index contributed by atoms with van der Waals surface area (Å²) in [5.41, 5.74) is 0.00320. The van der Waals surface area contributed by atoms with Gasteiger partial charge in [0.2, 0.25) is 5.91 Å². The van der Waals surface area contributed by atoms with Crippen LogP contribution in [0.4, 0.5) is 11.4 Å². The molecule has 32 heavy (non-hydrogen) atoms. The predicted molar refractivity (Wildman–Crippen MR) is 117 cm³/mol. The number of benzene rings is 2. The van der Waals surface area contributed by atoms with E-state index < -0.39 is 17.4 Å². The number of carbonyl (C=O) groups is 2. The van der Waals surface area contributed by atoms with Crippen molar-refractivity contribution in [3.63, 3.8) is 0 Å². The van der Waals surface area contributed by atoms with E-state index in [-0.39, 0.29) is 23.6 Å². The molecule has 10 heteroatoms. The van der Waals surface area contributed by atoms with Crippen LogP contribution in [0.25, 0.3) is 11.0 Å². The second kappa shape index (κ2) is 9.73. The number of hydrogen-bond donors (Lipinski definition) is 2. The number of fused-ring (bicyclic) bond motifs is 1. The zero-order valence-corrected chi connectivity index (χ0v) is 17.9. The highest BCUT2D eigenvalue weighted by Crippen LogP contribution is 2.33. The molecule has 3 aromatic rings. The first-order chi connectivity index (χ1) is 15.3. The zero-order chi connectivity index (χ0) is 23.3. The molecule has 0 radical (unpaired) electrons. The second-order valence-electron chi connectivity index (χ2n) is 6.58. The summed E-state index contributed by atoms with van der Waals surface area (Å²) in [4.78, 5) is 35.6. The lowest BCUT2D eigenvalue weighted by Crippen LogP contribution is -2.20. The van der Waals surface area contributed by atoms with E-state index in [2.05, 4.69) is 10.6 Å². The fourth-order valence-corrected chi connectivity index (χ4v) is 2.93. The number of hydrogen-bond acceptors (Lipinski definition) is 8. The maximum atomic E-state index is 12.3. The van der Waals surface area contributed by atoms with E-state index in [0.29, 0.717) is 28.3 Å². The molecule has 0 saturated carbocycles. The summed E-state index contributed by atoms with van der Waals surface area (Å²) >= 11 is 0. The summed E-state index contributed by atoms with van der Waals surface area (Å²) in [5, 5.41) is 5.61. The Morgan fingerprint density at radius 3 is 2.22 bits per heavy atom. The Morgan fingerprint density at radius 1 is 0.875 bits per heavy atom. The first-order valence-electron chi connectivity index (χ1n) is 9.42. The van der Waals surface area contributed by atoms with Crippen molar-refractivity contribution in [2.24, 2.45) is 0 Å². The van der Waals surface area contributed by atoms with Crippen LogP contribution < -0.4 is 35.2 Å². The van der Waals surface area contributed by atoms with Gasteiger partial charge in [0.05, 0.1) is 21.3 Å². The third kappa shape index (κ3) is 5.09. The highest BCUT2D eigenvalue weighted by molar-refractivity contribution is 5.93. The SMILES string of the molecule is COc1ccc(NC(=O)COc2cc3oc(=O)c(NC(C)=O)cc3cc2OC)cc1OC. The molecule has 0 aliphatic heterocycles. The van der Waals surface area contributed by atoms with Crippen LogP contribution in [0.2, 0.25) is 0 Å². The minimum atomic E-state index is -0.713. The summed E-state index contributed by atoms with van der Waals surface area (Å²) in [6.07, 6.45) is 0. The quantitative estimate of drug-likeness (QED) is 0.510. The van der Waals surface area contributed by atoms with Crippen LogP contribution in [0.3, 0.4) is 0 Å². The molecule has 2 N–H and O–H groups in total. The third-order valence-corrected chi connectivity index (χ3v) is 4.36. The molecule has 0 saturated heterocycles. The summed E-state index contributed by atoms with van der Waals surface area (Å²) < 4.78 is 26.5. The molecule has 0 unspecified atom stereocenters. The smallest absolute Gasteiger partial charge is 0.360 e. The van der Waals surface area contributed by atoms with Crippen molar-refractivity contribution >= 4 is 34.2 Å². The lowest BCUT2D eigenvalue weighted by Gasteiger charge is -2.13. The number of anilines is 2. The van der Waals surface area contributed by atoms with Gasteiger partial charge in [0.25, 0.3) is 5.91 Å². The van der Waals surface area contributed by atoms with Crippen LogP contribution in [0.5, 0.6) is 23.0 Å².